The number of rotatable bonds is 1. The Morgan fingerprint density at radius 2 is 2.33 bits per heavy atom. The van der Waals surface area contributed by atoms with Gasteiger partial charge in [0, 0.05) is 0 Å². The fraction of sp³-hybridized carbons (Fsp3) is 0.600. The van der Waals surface area contributed by atoms with E-state index in [0.29, 0.717) is 24.3 Å². The van der Waals surface area contributed by atoms with Crippen LogP contribution in [0.25, 0.3) is 0 Å². The third-order valence-corrected chi connectivity index (χ3v) is 2.76. The summed E-state index contributed by atoms with van der Waals surface area (Å²) in [7, 11) is 0. The zero-order valence-electron chi connectivity index (χ0n) is 8.78. The van der Waals surface area contributed by atoms with Gasteiger partial charge < -0.3 is 15.3 Å². The number of aromatic nitrogens is 1. The van der Waals surface area contributed by atoms with Gasteiger partial charge in [0.2, 0.25) is 0 Å². The largest absolute Gasteiger partial charge is 0.481 e. The van der Waals surface area contributed by atoms with Gasteiger partial charge in [-0.05, 0) is 18.3 Å². The lowest BCUT2D eigenvalue weighted by Gasteiger charge is -2.31. The monoisotopic (exact) mass is 210 g/mol. The van der Waals surface area contributed by atoms with E-state index in [0.717, 1.165) is 0 Å². The molecule has 0 bridgehead atoms. The average Bonchev–Trinajstić information content (AvgIpc) is 2.41. The van der Waals surface area contributed by atoms with E-state index in [4.69, 9.17) is 15.3 Å². The number of carboxylic acids is 1. The molecule has 1 aromatic rings. The summed E-state index contributed by atoms with van der Waals surface area (Å²) in [4.78, 5) is 15.1. The standard InChI is InChI=1S/C10H14N2O3/c1-10(2)3-5(8(13)14)7-6(4-10)12-9(11)15-7/h5H,3-4H2,1-2H3,(H2,11,12)(H,13,14). The van der Waals surface area contributed by atoms with Gasteiger partial charge in [0.1, 0.15) is 11.7 Å². The van der Waals surface area contributed by atoms with E-state index in [1.807, 2.05) is 13.8 Å². The van der Waals surface area contributed by atoms with Crippen molar-refractivity contribution in [2.24, 2.45) is 5.41 Å². The van der Waals surface area contributed by atoms with Crippen molar-refractivity contribution in [3.8, 4) is 0 Å². The number of hydrogen-bond donors (Lipinski definition) is 2. The number of oxazole rings is 1. The highest BCUT2D eigenvalue weighted by Gasteiger charge is 2.39. The normalized spacial score (nSPS) is 23.5. The van der Waals surface area contributed by atoms with E-state index >= 15 is 0 Å². The van der Waals surface area contributed by atoms with Gasteiger partial charge in [0.25, 0.3) is 6.01 Å². The topological polar surface area (TPSA) is 89.4 Å². The van der Waals surface area contributed by atoms with Gasteiger partial charge in [-0.1, -0.05) is 13.8 Å². The van der Waals surface area contributed by atoms with Gasteiger partial charge in [0.15, 0.2) is 0 Å². The number of nitrogens with two attached hydrogens (primary N) is 1. The van der Waals surface area contributed by atoms with Crippen LogP contribution in [0.3, 0.4) is 0 Å². The molecule has 5 nitrogen and oxygen atoms in total. The van der Waals surface area contributed by atoms with E-state index in [2.05, 4.69) is 4.98 Å². The Balaban J connectivity index is 2.47. The molecule has 82 valence electrons. The van der Waals surface area contributed by atoms with Crippen LogP contribution < -0.4 is 5.73 Å². The first-order valence-corrected chi connectivity index (χ1v) is 4.87. The van der Waals surface area contributed by atoms with Gasteiger partial charge in [0.05, 0.1) is 5.69 Å². The summed E-state index contributed by atoms with van der Waals surface area (Å²) in [5.74, 6) is -1.06. The van der Waals surface area contributed by atoms with Crippen molar-refractivity contribution >= 4 is 12.0 Å². The Morgan fingerprint density at radius 3 is 2.93 bits per heavy atom. The van der Waals surface area contributed by atoms with Crippen molar-refractivity contribution in [1.82, 2.24) is 4.98 Å². The van der Waals surface area contributed by atoms with Crippen molar-refractivity contribution in [1.29, 1.82) is 0 Å². The second-order valence-electron chi connectivity index (χ2n) is 4.80. The molecule has 0 aliphatic heterocycles. The van der Waals surface area contributed by atoms with E-state index in [-0.39, 0.29) is 11.4 Å². The van der Waals surface area contributed by atoms with E-state index in [9.17, 15) is 4.79 Å². The molecule has 0 radical (unpaired) electrons. The van der Waals surface area contributed by atoms with Crippen LogP contribution >= 0.6 is 0 Å². The second-order valence-corrected chi connectivity index (χ2v) is 4.80. The maximum Gasteiger partial charge on any atom is 0.314 e. The molecule has 2 rings (SSSR count). The zero-order valence-corrected chi connectivity index (χ0v) is 8.78. The number of carboxylic acid groups (broad SMARTS) is 1. The average molecular weight is 210 g/mol. The first-order valence-electron chi connectivity index (χ1n) is 4.87. The summed E-state index contributed by atoms with van der Waals surface area (Å²) < 4.78 is 5.16. The maximum absolute atomic E-state index is 11.1. The minimum absolute atomic E-state index is 0.0592. The lowest BCUT2D eigenvalue weighted by atomic mass is 9.73. The summed E-state index contributed by atoms with van der Waals surface area (Å²) in [6.07, 6.45) is 1.27. The molecule has 0 fully saturated rings. The molecule has 1 aromatic heterocycles. The van der Waals surface area contributed by atoms with Crippen LogP contribution in [0.15, 0.2) is 4.42 Å². The van der Waals surface area contributed by atoms with Crippen LogP contribution in [0.5, 0.6) is 0 Å². The highest BCUT2D eigenvalue weighted by atomic mass is 16.4. The molecule has 1 unspecified atom stereocenters. The van der Waals surface area contributed by atoms with Crippen molar-refractivity contribution in [2.45, 2.75) is 32.6 Å². The van der Waals surface area contributed by atoms with Gasteiger partial charge in [-0.2, -0.15) is 4.98 Å². The van der Waals surface area contributed by atoms with Crippen molar-refractivity contribution in [3.05, 3.63) is 11.5 Å². The van der Waals surface area contributed by atoms with Crippen molar-refractivity contribution < 1.29 is 14.3 Å². The molecule has 1 aliphatic rings. The Kier molecular flexibility index (Phi) is 1.99. The van der Waals surface area contributed by atoms with E-state index in [1.165, 1.54) is 0 Å². The molecule has 3 N–H and O–H groups in total. The number of carbonyl (C=O) groups is 1. The van der Waals surface area contributed by atoms with Crippen LogP contribution in [0.2, 0.25) is 0 Å². The number of anilines is 1. The molecule has 0 saturated heterocycles. The van der Waals surface area contributed by atoms with E-state index < -0.39 is 11.9 Å². The Bertz CT molecular complexity index is 409. The number of fused-ring (bicyclic) bond motifs is 1. The predicted octanol–water partition coefficient (Wildman–Crippen LogP) is 1.40. The molecular formula is C10H14N2O3. The van der Waals surface area contributed by atoms with Gasteiger partial charge in [-0.25, -0.2) is 0 Å². The minimum Gasteiger partial charge on any atom is -0.481 e. The van der Waals surface area contributed by atoms with Crippen molar-refractivity contribution in [2.75, 3.05) is 5.73 Å². The third-order valence-electron chi connectivity index (χ3n) is 2.76. The van der Waals surface area contributed by atoms with E-state index in [1.54, 1.807) is 0 Å². The molecule has 1 heterocycles. The molecule has 15 heavy (non-hydrogen) atoms. The summed E-state index contributed by atoms with van der Waals surface area (Å²) >= 11 is 0. The number of hydrogen-bond acceptors (Lipinski definition) is 4. The number of aliphatic carboxylic acids is 1. The predicted molar refractivity (Wildman–Crippen MR) is 53.4 cm³/mol. The lowest BCUT2D eigenvalue weighted by molar-refractivity contribution is -0.140. The first kappa shape index (κ1) is 10.0. The molecule has 1 atom stereocenters. The van der Waals surface area contributed by atoms with Crippen LogP contribution in [0, 0.1) is 5.41 Å². The summed E-state index contributed by atoms with van der Waals surface area (Å²) in [6, 6.07) is 0.0592. The SMILES string of the molecule is CC1(C)Cc2nc(N)oc2C(C(=O)O)C1. The lowest BCUT2D eigenvalue weighted by Crippen LogP contribution is -2.29. The Hall–Kier alpha value is -1.52. The smallest absolute Gasteiger partial charge is 0.314 e. The third kappa shape index (κ3) is 1.69. The molecule has 0 saturated carbocycles. The van der Waals surface area contributed by atoms with Gasteiger partial charge in [-0.15, -0.1) is 0 Å². The summed E-state index contributed by atoms with van der Waals surface area (Å²) in [6.45, 7) is 4.05. The van der Waals surface area contributed by atoms with Crippen molar-refractivity contribution in [3.63, 3.8) is 0 Å². The first-order chi connectivity index (χ1) is 6.89. The molecule has 0 aromatic carbocycles. The molecule has 0 amide bonds. The van der Waals surface area contributed by atoms with Gasteiger partial charge >= 0.3 is 5.97 Å². The van der Waals surface area contributed by atoms with Crippen LogP contribution in [0.1, 0.15) is 37.6 Å². The molecule has 1 aliphatic carbocycles. The molecule has 5 heteroatoms. The fourth-order valence-corrected chi connectivity index (χ4v) is 2.15. The Morgan fingerprint density at radius 1 is 1.67 bits per heavy atom. The highest BCUT2D eigenvalue weighted by Crippen LogP contribution is 2.42. The fourth-order valence-electron chi connectivity index (χ4n) is 2.15. The van der Waals surface area contributed by atoms with Crippen LogP contribution in [0.4, 0.5) is 6.01 Å². The van der Waals surface area contributed by atoms with Crippen LogP contribution in [-0.2, 0) is 11.2 Å². The molecular weight excluding hydrogens is 196 g/mol. The van der Waals surface area contributed by atoms with Gasteiger partial charge in [-0.3, -0.25) is 4.79 Å². The number of nitrogens with zero attached hydrogens (tertiary/aromatic N) is 1. The molecule has 0 spiro atoms. The quantitative estimate of drug-likeness (QED) is 0.731. The number of nitrogen functional groups attached to an aromatic ring is 1. The minimum atomic E-state index is -0.875. The highest BCUT2D eigenvalue weighted by molar-refractivity contribution is 5.76. The summed E-state index contributed by atoms with van der Waals surface area (Å²) in [5, 5.41) is 9.10. The maximum atomic E-state index is 11.1. The zero-order chi connectivity index (χ0) is 11.2. The Labute approximate surface area is 87.3 Å². The second kappa shape index (κ2) is 2.98. The van der Waals surface area contributed by atoms with Crippen LogP contribution in [-0.4, -0.2) is 16.1 Å². The summed E-state index contributed by atoms with van der Waals surface area (Å²) in [5.41, 5.74) is 6.06.